The molecule has 0 aromatic carbocycles. The standard InChI is InChI=1S/C38H64N4O7.CHCl3/c1-34(2,3)49-33(47)42-27-19-37(8,9)15-23(27)31(45)40-25-17-35(4,5)13-21(25)29(43)39-26-18-36(6,7)14-22(26)30(44)41-28-20-38(10,11)16-24(28)32(46)48-12;2-1(3)4/h21-28H,13-20H2,1-12H3,(H,39,43)(H,40,45)(H,41,44)(H,42,47);1H/t21-,22-,23-,24-,25-,26-,27-,28-;/m0./s1. The maximum atomic E-state index is 14.1. The van der Waals surface area contributed by atoms with Crippen LogP contribution in [-0.2, 0) is 28.7 Å². The van der Waals surface area contributed by atoms with Gasteiger partial charge in [-0.3, -0.25) is 19.2 Å². The van der Waals surface area contributed by atoms with Gasteiger partial charge in [-0.1, -0.05) is 90.2 Å². The summed E-state index contributed by atoms with van der Waals surface area (Å²) in [6.45, 7) is 22.3. The number of ether oxygens (including phenoxy) is 2. The van der Waals surface area contributed by atoms with Crippen molar-refractivity contribution in [2.75, 3.05) is 7.11 Å². The Morgan fingerprint density at radius 2 is 0.792 bits per heavy atom. The van der Waals surface area contributed by atoms with Crippen molar-refractivity contribution in [3.8, 4) is 0 Å². The van der Waals surface area contributed by atoms with Gasteiger partial charge in [0, 0.05) is 24.2 Å². The maximum absolute atomic E-state index is 14.1. The molecule has 11 nitrogen and oxygen atoms in total. The number of rotatable bonds is 8. The molecule has 4 N–H and O–H groups in total. The Morgan fingerprint density at radius 1 is 0.528 bits per heavy atom. The molecule has 304 valence electrons. The van der Waals surface area contributed by atoms with Gasteiger partial charge in [-0.05, 0) is 93.8 Å². The second kappa shape index (κ2) is 17.0. The van der Waals surface area contributed by atoms with Crippen molar-refractivity contribution in [3.05, 3.63) is 0 Å². The van der Waals surface area contributed by atoms with E-state index in [2.05, 4.69) is 76.7 Å². The van der Waals surface area contributed by atoms with Gasteiger partial charge in [-0.15, -0.1) is 0 Å². The molecular formula is C39H65Cl3N4O7. The van der Waals surface area contributed by atoms with Crippen molar-refractivity contribution < 1.29 is 33.4 Å². The third-order valence-electron chi connectivity index (χ3n) is 11.3. The quantitative estimate of drug-likeness (QED) is 0.149. The minimum Gasteiger partial charge on any atom is -0.469 e. The lowest BCUT2D eigenvalue weighted by Gasteiger charge is -2.28. The van der Waals surface area contributed by atoms with E-state index < -0.39 is 39.7 Å². The van der Waals surface area contributed by atoms with Crippen LogP contribution in [0.2, 0.25) is 0 Å². The summed E-state index contributed by atoms with van der Waals surface area (Å²) in [5.41, 5.74) is -1.24. The van der Waals surface area contributed by atoms with Crippen LogP contribution in [0.25, 0.3) is 0 Å². The second-order valence-corrected chi connectivity index (χ2v) is 22.1. The summed E-state index contributed by atoms with van der Waals surface area (Å²) in [6, 6.07) is -1.45. The molecule has 4 fully saturated rings. The van der Waals surface area contributed by atoms with Crippen LogP contribution in [0.15, 0.2) is 0 Å². The first-order valence-electron chi connectivity index (χ1n) is 18.9. The van der Waals surface area contributed by atoms with Crippen molar-refractivity contribution in [2.24, 2.45) is 45.3 Å². The van der Waals surface area contributed by atoms with Gasteiger partial charge < -0.3 is 30.7 Å². The highest BCUT2D eigenvalue weighted by Crippen LogP contribution is 2.46. The molecule has 0 aromatic heterocycles. The number of esters is 1. The number of hydrogen-bond donors (Lipinski definition) is 4. The van der Waals surface area contributed by atoms with Crippen LogP contribution >= 0.6 is 34.8 Å². The van der Waals surface area contributed by atoms with Crippen LogP contribution in [0.5, 0.6) is 0 Å². The number of carbonyl (C=O) groups is 5. The number of halogens is 3. The highest BCUT2D eigenvalue weighted by atomic mass is 35.6. The van der Waals surface area contributed by atoms with Gasteiger partial charge in [0.2, 0.25) is 17.7 Å². The van der Waals surface area contributed by atoms with E-state index in [1.807, 2.05) is 0 Å². The minimum atomic E-state index is -0.750. The number of nitrogens with one attached hydrogen (secondary N) is 4. The molecule has 8 atom stereocenters. The SMILES string of the molecule is COC(=O)[C@H]1CC(C)(C)C[C@@H]1NC(=O)[C@H]1CC(C)(C)C[C@@H]1NC(=O)[C@H]1CC(C)(C)C[C@@H]1NC(=O)[C@H]1CC(C)(C)C[C@@H]1NC(=O)OC(C)(C)C.ClC(Cl)Cl. The molecule has 0 spiro atoms. The van der Waals surface area contributed by atoms with Crippen molar-refractivity contribution in [2.45, 2.75) is 162 Å². The van der Waals surface area contributed by atoms with Crippen LogP contribution in [0.4, 0.5) is 4.79 Å². The summed E-state index contributed by atoms with van der Waals surface area (Å²) < 4.78 is 9.81. The van der Waals surface area contributed by atoms with Gasteiger partial charge in [0.15, 0.2) is 4.30 Å². The van der Waals surface area contributed by atoms with E-state index in [4.69, 9.17) is 44.3 Å². The van der Waals surface area contributed by atoms with Crippen molar-refractivity contribution in [1.29, 1.82) is 0 Å². The van der Waals surface area contributed by atoms with E-state index >= 15 is 0 Å². The fourth-order valence-electron chi connectivity index (χ4n) is 9.39. The Labute approximate surface area is 332 Å². The van der Waals surface area contributed by atoms with E-state index in [-0.39, 0.29) is 69.5 Å². The van der Waals surface area contributed by atoms with Gasteiger partial charge in [-0.2, -0.15) is 0 Å². The molecule has 53 heavy (non-hydrogen) atoms. The Morgan fingerprint density at radius 3 is 1.08 bits per heavy atom. The first-order valence-corrected chi connectivity index (χ1v) is 20.2. The lowest BCUT2D eigenvalue weighted by molar-refractivity contribution is -0.146. The van der Waals surface area contributed by atoms with Crippen LogP contribution in [-0.4, -0.2) is 71.0 Å². The van der Waals surface area contributed by atoms with Gasteiger partial charge in [0.1, 0.15) is 5.60 Å². The molecule has 4 saturated carbocycles. The molecule has 0 aliphatic heterocycles. The summed E-state index contributed by atoms with van der Waals surface area (Å²) in [6.07, 6.45) is 4.53. The average molecular weight is 808 g/mol. The van der Waals surface area contributed by atoms with E-state index in [1.165, 1.54) is 7.11 Å². The number of methoxy groups -OCH3 is 1. The zero-order chi connectivity index (χ0) is 40.5. The van der Waals surface area contributed by atoms with Crippen LogP contribution in [0, 0.1) is 45.3 Å². The number of amides is 4. The molecule has 0 aromatic rings. The molecule has 4 aliphatic carbocycles. The lowest BCUT2D eigenvalue weighted by atomic mass is 9.90. The van der Waals surface area contributed by atoms with E-state index in [0.717, 1.165) is 0 Å². The van der Waals surface area contributed by atoms with Crippen molar-refractivity contribution >= 4 is 64.6 Å². The third-order valence-corrected chi connectivity index (χ3v) is 11.3. The van der Waals surface area contributed by atoms with E-state index in [0.29, 0.717) is 51.4 Å². The molecule has 0 radical (unpaired) electrons. The molecule has 4 aliphatic rings. The monoisotopic (exact) mass is 806 g/mol. The third kappa shape index (κ3) is 13.3. The largest absolute Gasteiger partial charge is 0.469 e. The Kier molecular flexibility index (Phi) is 14.6. The zero-order valence-electron chi connectivity index (χ0n) is 33.8. The number of carbonyl (C=O) groups excluding carboxylic acids is 5. The van der Waals surface area contributed by atoms with Gasteiger partial charge in [0.05, 0.1) is 30.8 Å². The van der Waals surface area contributed by atoms with Crippen LogP contribution in [0.1, 0.15) is 128 Å². The van der Waals surface area contributed by atoms with Crippen LogP contribution in [0.3, 0.4) is 0 Å². The molecule has 4 rings (SSSR count). The van der Waals surface area contributed by atoms with Gasteiger partial charge >= 0.3 is 12.1 Å². The lowest BCUT2D eigenvalue weighted by Crippen LogP contribution is -2.52. The normalized spacial score (nSPS) is 32.2. The molecule has 14 heteroatoms. The molecule has 0 heterocycles. The molecular weight excluding hydrogens is 743 g/mol. The number of hydrogen-bond acceptors (Lipinski definition) is 7. The Hall–Kier alpha value is -1.98. The van der Waals surface area contributed by atoms with Crippen molar-refractivity contribution in [3.63, 3.8) is 0 Å². The van der Waals surface area contributed by atoms with E-state index in [1.54, 1.807) is 20.8 Å². The second-order valence-electron chi connectivity index (χ2n) is 20.1. The number of alkyl halides is 3. The molecule has 0 saturated heterocycles. The summed E-state index contributed by atoms with van der Waals surface area (Å²) in [4.78, 5) is 67.1. The predicted octanol–water partition coefficient (Wildman–Crippen LogP) is 7.24. The first kappa shape index (κ1) is 45.4. The molecule has 4 amide bonds. The summed E-state index contributed by atoms with van der Waals surface area (Å²) in [7, 11) is 1.38. The van der Waals surface area contributed by atoms with E-state index in [9.17, 15) is 24.0 Å². The minimum absolute atomic E-state index is 0.103. The van der Waals surface area contributed by atoms with Gasteiger partial charge in [-0.25, -0.2) is 4.79 Å². The fourth-order valence-corrected chi connectivity index (χ4v) is 9.39. The first-order chi connectivity index (χ1) is 24.0. The van der Waals surface area contributed by atoms with Crippen molar-refractivity contribution in [1.82, 2.24) is 21.3 Å². The Balaban J connectivity index is 0.00000180. The topological polar surface area (TPSA) is 152 Å². The summed E-state index contributed by atoms with van der Waals surface area (Å²) >= 11 is 14.4. The van der Waals surface area contributed by atoms with Crippen LogP contribution < -0.4 is 21.3 Å². The smallest absolute Gasteiger partial charge is 0.407 e. The zero-order valence-corrected chi connectivity index (χ0v) is 36.1. The highest BCUT2D eigenvalue weighted by Gasteiger charge is 2.51. The highest BCUT2D eigenvalue weighted by molar-refractivity contribution is 6.63. The average Bonchev–Trinajstić information content (AvgIpc) is 3.65. The summed E-state index contributed by atoms with van der Waals surface area (Å²) in [5.74, 6) is -2.52. The number of alkyl carbamates (subject to hydrolysis) is 1. The maximum Gasteiger partial charge on any atom is 0.407 e. The molecule has 0 unspecified atom stereocenters. The molecule has 0 bridgehead atoms. The Bertz CT molecular complexity index is 1360. The summed E-state index contributed by atoms with van der Waals surface area (Å²) in [5, 5.41) is 12.6. The fraction of sp³-hybridized carbons (Fsp3) is 0.872. The predicted molar refractivity (Wildman–Crippen MR) is 208 cm³/mol. The van der Waals surface area contributed by atoms with Gasteiger partial charge in [0.25, 0.3) is 0 Å².